The lowest BCUT2D eigenvalue weighted by molar-refractivity contribution is 0.171. The molecule has 1 aliphatic rings. The van der Waals surface area contributed by atoms with Gasteiger partial charge in [0.1, 0.15) is 13.2 Å². The van der Waals surface area contributed by atoms with Gasteiger partial charge in [0.25, 0.3) is 0 Å². The van der Waals surface area contributed by atoms with Crippen LogP contribution in [0.4, 0.5) is 5.82 Å². The number of rotatable bonds is 3. The molecule has 2 heterocycles. The van der Waals surface area contributed by atoms with Gasteiger partial charge >= 0.3 is 0 Å². The first-order valence-electron chi connectivity index (χ1n) is 7.18. The summed E-state index contributed by atoms with van der Waals surface area (Å²) < 4.78 is 11.2. The lowest BCUT2D eigenvalue weighted by Gasteiger charge is -2.19. The summed E-state index contributed by atoms with van der Waals surface area (Å²) in [5.41, 5.74) is 4.12. The van der Waals surface area contributed by atoms with E-state index in [1.165, 1.54) is 0 Å². The second kappa shape index (κ2) is 5.60. The Morgan fingerprint density at radius 3 is 2.57 bits per heavy atom. The molecular formula is C16H19N3O2. The van der Waals surface area contributed by atoms with E-state index < -0.39 is 0 Å². The molecule has 0 bridgehead atoms. The second-order valence-corrected chi connectivity index (χ2v) is 5.04. The van der Waals surface area contributed by atoms with Crippen molar-refractivity contribution in [1.29, 1.82) is 0 Å². The van der Waals surface area contributed by atoms with E-state index in [1.807, 2.05) is 25.1 Å². The minimum Gasteiger partial charge on any atom is -0.486 e. The summed E-state index contributed by atoms with van der Waals surface area (Å²) in [6.07, 6.45) is 0. The molecule has 5 heteroatoms. The van der Waals surface area contributed by atoms with Gasteiger partial charge in [0, 0.05) is 12.1 Å². The van der Waals surface area contributed by atoms with Gasteiger partial charge in [-0.2, -0.15) is 0 Å². The molecule has 110 valence electrons. The maximum atomic E-state index is 5.63. The van der Waals surface area contributed by atoms with E-state index in [9.17, 15) is 0 Å². The van der Waals surface area contributed by atoms with Gasteiger partial charge in [-0.1, -0.05) is 0 Å². The topological polar surface area (TPSA) is 56.3 Å². The molecule has 2 aromatic rings. The normalized spacial score (nSPS) is 13.1. The van der Waals surface area contributed by atoms with E-state index in [-0.39, 0.29) is 0 Å². The number of hydrogen-bond acceptors (Lipinski definition) is 5. The molecule has 0 spiro atoms. The highest BCUT2D eigenvalue weighted by molar-refractivity contribution is 5.69. The van der Waals surface area contributed by atoms with E-state index in [1.54, 1.807) is 0 Å². The van der Waals surface area contributed by atoms with E-state index in [4.69, 9.17) is 9.47 Å². The van der Waals surface area contributed by atoms with Crippen LogP contribution in [-0.2, 0) is 0 Å². The van der Waals surface area contributed by atoms with E-state index in [2.05, 4.69) is 29.4 Å². The van der Waals surface area contributed by atoms with Crippen LogP contribution in [0.2, 0.25) is 0 Å². The van der Waals surface area contributed by atoms with E-state index in [0.29, 0.717) is 13.2 Å². The molecule has 0 unspecified atom stereocenters. The van der Waals surface area contributed by atoms with Crippen LogP contribution in [0, 0.1) is 13.8 Å². The molecule has 0 radical (unpaired) electrons. The number of nitrogens with zero attached hydrogens (tertiary/aromatic N) is 2. The van der Waals surface area contributed by atoms with Gasteiger partial charge in [0.15, 0.2) is 17.3 Å². The number of benzene rings is 1. The summed E-state index contributed by atoms with van der Waals surface area (Å²) in [5.74, 6) is 2.40. The number of aromatic nitrogens is 2. The molecule has 1 aliphatic heterocycles. The molecule has 0 saturated heterocycles. The van der Waals surface area contributed by atoms with Gasteiger partial charge in [-0.15, -0.1) is 10.2 Å². The first-order valence-corrected chi connectivity index (χ1v) is 7.18. The smallest absolute Gasteiger partial charge is 0.162 e. The Morgan fingerprint density at radius 1 is 1.05 bits per heavy atom. The van der Waals surface area contributed by atoms with Gasteiger partial charge in [-0.05, 0) is 50.1 Å². The number of hydrogen-bond donors (Lipinski definition) is 1. The van der Waals surface area contributed by atoms with Crippen molar-refractivity contribution >= 4 is 5.82 Å². The average Bonchev–Trinajstić information content (AvgIpc) is 2.52. The van der Waals surface area contributed by atoms with Crippen molar-refractivity contribution in [3.05, 3.63) is 29.3 Å². The largest absolute Gasteiger partial charge is 0.486 e. The van der Waals surface area contributed by atoms with E-state index >= 15 is 0 Å². The molecule has 5 nitrogen and oxygen atoms in total. The fourth-order valence-corrected chi connectivity index (χ4v) is 2.41. The van der Waals surface area contributed by atoms with Gasteiger partial charge in [-0.3, -0.25) is 0 Å². The molecule has 0 fully saturated rings. The number of nitrogens with one attached hydrogen (secondary N) is 1. The zero-order chi connectivity index (χ0) is 14.8. The molecule has 1 aromatic carbocycles. The van der Waals surface area contributed by atoms with Crippen LogP contribution >= 0.6 is 0 Å². The molecule has 0 amide bonds. The highest BCUT2D eigenvalue weighted by atomic mass is 16.6. The van der Waals surface area contributed by atoms with Crippen molar-refractivity contribution in [2.24, 2.45) is 0 Å². The highest BCUT2D eigenvalue weighted by Crippen LogP contribution is 2.35. The van der Waals surface area contributed by atoms with Crippen molar-refractivity contribution < 1.29 is 9.47 Å². The second-order valence-electron chi connectivity index (χ2n) is 5.04. The third kappa shape index (κ3) is 2.51. The van der Waals surface area contributed by atoms with E-state index in [0.717, 1.165) is 46.2 Å². The summed E-state index contributed by atoms with van der Waals surface area (Å²) >= 11 is 0. The quantitative estimate of drug-likeness (QED) is 0.939. The predicted octanol–water partition coefficient (Wildman–Crippen LogP) is 2.96. The molecule has 0 saturated carbocycles. The van der Waals surface area contributed by atoms with Gasteiger partial charge in [-0.25, -0.2) is 0 Å². The van der Waals surface area contributed by atoms with Gasteiger partial charge < -0.3 is 14.8 Å². The van der Waals surface area contributed by atoms with Crippen LogP contribution in [0.3, 0.4) is 0 Å². The SMILES string of the molecule is CCNc1nnc(-c2ccc3c(c2)OCCO3)c(C)c1C. The third-order valence-corrected chi connectivity index (χ3v) is 3.68. The molecule has 1 aromatic heterocycles. The van der Waals surface area contributed by atoms with Gasteiger partial charge in [0.2, 0.25) is 0 Å². The van der Waals surface area contributed by atoms with Crippen molar-refractivity contribution in [2.45, 2.75) is 20.8 Å². The van der Waals surface area contributed by atoms with Crippen LogP contribution in [-0.4, -0.2) is 30.0 Å². The average molecular weight is 285 g/mol. The van der Waals surface area contributed by atoms with Crippen molar-refractivity contribution in [1.82, 2.24) is 10.2 Å². The van der Waals surface area contributed by atoms with Crippen LogP contribution in [0.15, 0.2) is 18.2 Å². The molecule has 1 N–H and O–H groups in total. The summed E-state index contributed by atoms with van der Waals surface area (Å²) in [6, 6.07) is 5.90. The number of fused-ring (bicyclic) bond motifs is 1. The lowest BCUT2D eigenvalue weighted by atomic mass is 10.0. The molecule has 21 heavy (non-hydrogen) atoms. The monoisotopic (exact) mass is 285 g/mol. The van der Waals surface area contributed by atoms with Crippen LogP contribution in [0.5, 0.6) is 11.5 Å². The first kappa shape index (κ1) is 13.7. The summed E-state index contributed by atoms with van der Waals surface area (Å²) in [5, 5.41) is 11.9. The zero-order valence-electron chi connectivity index (χ0n) is 12.6. The third-order valence-electron chi connectivity index (χ3n) is 3.68. The Hall–Kier alpha value is -2.30. The first-order chi connectivity index (χ1) is 10.2. The minimum atomic E-state index is 0.583. The summed E-state index contributed by atoms with van der Waals surface area (Å²) in [7, 11) is 0. The predicted molar refractivity (Wildman–Crippen MR) is 82.1 cm³/mol. The minimum absolute atomic E-state index is 0.583. The molecule has 0 aliphatic carbocycles. The zero-order valence-corrected chi connectivity index (χ0v) is 12.6. The van der Waals surface area contributed by atoms with Crippen LogP contribution in [0.25, 0.3) is 11.3 Å². The lowest BCUT2D eigenvalue weighted by Crippen LogP contribution is -2.15. The Kier molecular flexibility index (Phi) is 3.64. The fraction of sp³-hybridized carbons (Fsp3) is 0.375. The maximum absolute atomic E-state index is 5.63. The van der Waals surface area contributed by atoms with Crippen molar-refractivity contribution in [3.63, 3.8) is 0 Å². The van der Waals surface area contributed by atoms with Gasteiger partial charge in [0.05, 0.1) is 5.69 Å². The Bertz CT molecular complexity index is 671. The molecular weight excluding hydrogens is 266 g/mol. The standard InChI is InChI=1S/C16H19N3O2/c1-4-17-16-11(3)10(2)15(18-19-16)12-5-6-13-14(9-12)21-8-7-20-13/h5-6,9H,4,7-8H2,1-3H3,(H,17,19). The Morgan fingerprint density at radius 2 is 1.81 bits per heavy atom. The fourth-order valence-electron chi connectivity index (χ4n) is 2.41. The highest BCUT2D eigenvalue weighted by Gasteiger charge is 2.16. The number of anilines is 1. The van der Waals surface area contributed by atoms with Crippen molar-refractivity contribution in [2.75, 3.05) is 25.1 Å². The molecule has 3 rings (SSSR count). The molecule has 0 atom stereocenters. The number of ether oxygens (including phenoxy) is 2. The Labute approximate surface area is 124 Å². The maximum Gasteiger partial charge on any atom is 0.162 e. The van der Waals surface area contributed by atoms with Crippen molar-refractivity contribution in [3.8, 4) is 22.8 Å². The van der Waals surface area contributed by atoms with Crippen LogP contribution < -0.4 is 14.8 Å². The summed E-state index contributed by atoms with van der Waals surface area (Å²) in [6.45, 7) is 8.19. The Balaban J connectivity index is 2.02. The summed E-state index contributed by atoms with van der Waals surface area (Å²) in [4.78, 5) is 0. The van der Waals surface area contributed by atoms with Crippen LogP contribution in [0.1, 0.15) is 18.1 Å².